The fourth-order valence-corrected chi connectivity index (χ4v) is 6.15. The number of carbonyl (C=O) groups is 1. The number of nitrogens with two attached hydrogens (primary N) is 2. The van der Waals surface area contributed by atoms with Crippen LogP contribution < -0.4 is 21.5 Å². The Labute approximate surface area is 232 Å². The first-order valence-electron chi connectivity index (χ1n) is 11.8. The molecule has 4 heterocycles. The van der Waals surface area contributed by atoms with Gasteiger partial charge in [-0.15, -0.1) is 15.9 Å². The number of thiophene rings is 1. The molecule has 5 rings (SSSR count). The number of imidazole rings is 1. The van der Waals surface area contributed by atoms with Crippen molar-refractivity contribution in [1.82, 2.24) is 19.1 Å². The summed E-state index contributed by atoms with van der Waals surface area (Å²) < 4.78 is 9.68. The van der Waals surface area contributed by atoms with Gasteiger partial charge < -0.3 is 18.6 Å². The summed E-state index contributed by atoms with van der Waals surface area (Å²) in [4.78, 5) is 33.9. The third kappa shape index (κ3) is 5.23. The Kier molecular flexibility index (Phi) is 7.61. The molecule has 0 fully saturated rings. The maximum absolute atomic E-state index is 13.4. The van der Waals surface area contributed by atoms with Gasteiger partial charge in [0, 0.05) is 40.3 Å². The van der Waals surface area contributed by atoms with Gasteiger partial charge in [-0.25, -0.2) is 21.5 Å². The van der Waals surface area contributed by atoms with E-state index in [0.29, 0.717) is 22.3 Å². The molecule has 0 amide bonds. The van der Waals surface area contributed by atoms with Crippen LogP contribution in [-0.2, 0) is 11.2 Å². The number of nitrogens with one attached hydrogen (secondary N) is 1. The van der Waals surface area contributed by atoms with Crippen LogP contribution in [0.1, 0.15) is 40.6 Å². The van der Waals surface area contributed by atoms with Gasteiger partial charge in [0.2, 0.25) is 0 Å². The second kappa shape index (κ2) is 10.9. The van der Waals surface area contributed by atoms with Crippen LogP contribution >= 0.6 is 35.1 Å². The third-order valence-electron chi connectivity index (χ3n) is 6.26. The number of ether oxygens (including phenoxy) is 1. The smallest absolute Gasteiger partial charge is 0.348 e. The minimum atomic E-state index is -0.341. The lowest BCUT2D eigenvalue weighted by Crippen LogP contribution is -2.34. The molecule has 0 bridgehead atoms. The van der Waals surface area contributed by atoms with E-state index in [2.05, 4.69) is 9.97 Å². The SMILES string of the molecule is CCOC(=O)c1cc(-c2cnc([C@@H]3CCc4cc(-c5cc(Cl)ccc5N(C)SN(N)N)cc(=O)n43)[nH]2)cs1. The molecule has 0 saturated carbocycles. The van der Waals surface area contributed by atoms with Gasteiger partial charge in [-0.2, -0.15) is 0 Å². The van der Waals surface area contributed by atoms with Crippen molar-refractivity contribution in [2.45, 2.75) is 25.8 Å². The lowest BCUT2D eigenvalue weighted by atomic mass is 10.0. The average molecular weight is 572 g/mol. The van der Waals surface area contributed by atoms with E-state index in [1.54, 1.807) is 35.9 Å². The minimum Gasteiger partial charge on any atom is -0.462 e. The minimum absolute atomic E-state index is 0.126. The molecule has 1 aliphatic heterocycles. The van der Waals surface area contributed by atoms with Crippen molar-refractivity contribution >= 4 is 46.7 Å². The Morgan fingerprint density at radius 2 is 2.11 bits per heavy atom. The Balaban J connectivity index is 1.45. The number of aromatic nitrogens is 3. The number of anilines is 1. The maximum atomic E-state index is 13.4. The van der Waals surface area contributed by atoms with Crippen LogP contribution in [0.25, 0.3) is 22.4 Å². The summed E-state index contributed by atoms with van der Waals surface area (Å²) in [6, 6.07) is 10.7. The molecule has 10 nitrogen and oxygen atoms in total. The van der Waals surface area contributed by atoms with E-state index in [1.807, 2.05) is 34.9 Å². The first-order valence-corrected chi connectivity index (χ1v) is 13.8. The molecular formula is C25H26ClN7O3S2. The van der Waals surface area contributed by atoms with Crippen LogP contribution in [0, 0.1) is 0 Å². The zero-order valence-electron chi connectivity index (χ0n) is 20.7. The second-order valence-electron chi connectivity index (χ2n) is 8.70. The van der Waals surface area contributed by atoms with Crippen molar-refractivity contribution < 1.29 is 9.53 Å². The Hall–Kier alpha value is -3.13. The Morgan fingerprint density at radius 1 is 1.29 bits per heavy atom. The number of H-pyrrole nitrogens is 1. The summed E-state index contributed by atoms with van der Waals surface area (Å²) in [5.74, 6) is 11.6. The molecule has 198 valence electrons. The average Bonchev–Trinajstić information content (AvgIpc) is 3.62. The van der Waals surface area contributed by atoms with Crippen LogP contribution in [0.5, 0.6) is 0 Å². The number of hydrogen-bond acceptors (Lipinski definition) is 10. The second-order valence-corrected chi connectivity index (χ2v) is 11.2. The lowest BCUT2D eigenvalue weighted by Gasteiger charge is -2.23. The molecule has 0 saturated heterocycles. The van der Waals surface area contributed by atoms with Crippen LogP contribution in [0.2, 0.25) is 5.02 Å². The van der Waals surface area contributed by atoms with Gasteiger partial charge in [0.15, 0.2) is 0 Å². The number of carbonyl (C=O) groups excluding carboxylic acids is 1. The Bertz CT molecular complexity index is 1550. The highest BCUT2D eigenvalue weighted by molar-refractivity contribution is 7.98. The van der Waals surface area contributed by atoms with Crippen molar-refractivity contribution in [2.75, 3.05) is 18.0 Å². The highest BCUT2D eigenvalue weighted by Gasteiger charge is 2.28. The van der Waals surface area contributed by atoms with E-state index in [9.17, 15) is 9.59 Å². The van der Waals surface area contributed by atoms with Gasteiger partial charge in [-0.1, -0.05) is 11.6 Å². The summed E-state index contributed by atoms with van der Waals surface area (Å²) in [5, 5.41) is 2.44. The zero-order valence-corrected chi connectivity index (χ0v) is 23.1. The normalized spacial score (nSPS) is 14.6. The predicted molar refractivity (Wildman–Crippen MR) is 152 cm³/mol. The molecule has 0 radical (unpaired) electrons. The fourth-order valence-electron chi connectivity index (χ4n) is 4.65. The summed E-state index contributed by atoms with van der Waals surface area (Å²) in [6.07, 6.45) is 3.18. The van der Waals surface area contributed by atoms with Gasteiger partial charge in [0.1, 0.15) is 10.7 Å². The number of rotatable bonds is 8. The molecule has 3 aromatic heterocycles. The van der Waals surface area contributed by atoms with Crippen molar-refractivity contribution in [2.24, 2.45) is 11.7 Å². The van der Waals surface area contributed by atoms with Gasteiger partial charge in [-0.3, -0.25) is 4.79 Å². The number of hydrogen-bond donors (Lipinski definition) is 3. The topological polar surface area (TPSA) is 136 Å². The van der Waals surface area contributed by atoms with Crippen molar-refractivity contribution in [3.05, 3.63) is 79.7 Å². The van der Waals surface area contributed by atoms with E-state index in [4.69, 9.17) is 28.0 Å². The van der Waals surface area contributed by atoms with Gasteiger partial charge in [-0.05, 0) is 55.7 Å². The number of benzene rings is 1. The first-order chi connectivity index (χ1) is 18.2. The zero-order chi connectivity index (χ0) is 27.0. The standard InChI is InChI=1S/C25H26ClN7O3S2/c1-3-36-25(35)22-9-15(13-37-22)19-12-29-24(30-19)21-7-5-17-8-14(10-23(34)32(17)21)18-11-16(26)4-6-20(18)31(2)38-33(27)28/h4,6,8-13,21H,3,5,7,27-28H2,1-2H3,(H,29,30)/t21-/m0/s1. The number of pyridine rings is 1. The number of esters is 1. The van der Waals surface area contributed by atoms with Crippen LogP contribution in [0.3, 0.4) is 0 Å². The molecule has 0 aliphatic carbocycles. The molecular weight excluding hydrogens is 546 g/mol. The largest absolute Gasteiger partial charge is 0.462 e. The highest BCUT2D eigenvalue weighted by atomic mass is 35.5. The summed E-state index contributed by atoms with van der Waals surface area (Å²) in [6.45, 7) is 2.10. The van der Waals surface area contributed by atoms with Gasteiger partial charge in [0.05, 0.1) is 42.4 Å². The highest BCUT2D eigenvalue weighted by Crippen LogP contribution is 2.37. The molecule has 13 heteroatoms. The number of aromatic amines is 1. The Morgan fingerprint density at radius 3 is 2.87 bits per heavy atom. The van der Waals surface area contributed by atoms with Gasteiger partial charge >= 0.3 is 5.97 Å². The quantitative estimate of drug-likeness (QED) is 0.122. The lowest BCUT2D eigenvalue weighted by molar-refractivity contribution is 0.0532. The van der Waals surface area contributed by atoms with Crippen LogP contribution in [-0.4, -0.2) is 38.7 Å². The fraction of sp³-hybridized carbons (Fsp3) is 0.240. The predicted octanol–water partition coefficient (Wildman–Crippen LogP) is 4.38. The number of halogens is 1. The number of aryl methyl sites for hydroxylation is 1. The molecule has 38 heavy (non-hydrogen) atoms. The summed E-state index contributed by atoms with van der Waals surface area (Å²) >= 11 is 8.76. The van der Waals surface area contributed by atoms with Gasteiger partial charge in [0.25, 0.3) is 5.56 Å². The maximum Gasteiger partial charge on any atom is 0.348 e. The molecule has 1 aliphatic rings. The van der Waals surface area contributed by atoms with E-state index >= 15 is 0 Å². The van der Waals surface area contributed by atoms with E-state index in [1.165, 1.54) is 11.3 Å². The molecule has 0 unspecified atom stereocenters. The number of hydrazine groups is 2. The number of fused-ring (bicyclic) bond motifs is 1. The van der Waals surface area contributed by atoms with E-state index in [-0.39, 0.29) is 17.6 Å². The van der Waals surface area contributed by atoms with E-state index < -0.39 is 0 Å². The van der Waals surface area contributed by atoms with Crippen molar-refractivity contribution in [3.8, 4) is 22.4 Å². The third-order valence-corrected chi connectivity index (χ3v) is 8.03. The van der Waals surface area contributed by atoms with Crippen LogP contribution in [0.15, 0.2) is 52.8 Å². The van der Waals surface area contributed by atoms with Crippen molar-refractivity contribution in [1.29, 1.82) is 0 Å². The molecule has 1 aromatic carbocycles. The molecule has 4 aromatic rings. The monoisotopic (exact) mass is 571 g/mol. The summed E-state index contributed by atoms with van der Waals surface area (Å²) in [5.41, 5.74) is 4.79. The first kappa shape index (κ1) is 26.5. The van der Waals surface area contributed by atoms with E-state index in [0.717, 1.165) is 63.3 Å². The van der Waals surface area contributed by atoms with Crippen molar-refractivity contribution in [3.63, 3.8) is 0 Å². The molecule has 0 spiro atoms. The molecule has 1 atom stereocenters. The number of nitrogens with zero attached hydrogens (tertiary/aromatic N) is 4. The van der Waals surface area contributed by atoms with Crippen LogP contribution in [0.4, 0.5) is 5.69 Å². The molecule has 5 N–H and O–H groups in total. The summed E-state index contributed by atoms with van der Waals surface area (Å²) in [7, 11) is 1.83.